The van der Waals surface area contributed by atoms with Crippen LogP contribution in [0.3, 0.4) is 0 Å². The highest BCUT2D eigenvalue weighted by molar-refractivity contribution is 5.98. The van der Waals surface area contributed by atoms with Gasteiger partial charge in [0, 0.05) is 17.2 Å². The summed E-state index contributed by atoms with van der Waals surface area (Å²) in [6, 6.07) is 5.46. The maximum Gasteiger partial charge on any atom is 0.165 e. The molecule has 0 radical (unpaired) electrons. The number of benzene rings is 1. The van der Waals surface area contributed by atoms with Crippen molar-refractivity contribution in [2.45, 2.75) is 27.2 Å². The maximum atomic E-state index is 11.8. The lowest BCUT2D eigenvalue weighted by atomic mass is 9.96. The normalized spacial score (nSPS) is 12.5. The number of Topliss-reactive ketones (excluding diaryl/α,β-unsaturated/α-hetero) is 1. The third-order valence-electron chi connectivity index (χ3n) is 2.61. The van der Waals surface area contributed by atoms with Crippen molar-refractivity contribution in [2.24, 2.45) is 5.92 Å². The van der Waals surface area contributed by atoms with Crippen LogP contribution in [0.15, 0.2) is 18.2 Å². The molecule has 2 nitrogen and oxygen atoms in total. The molecule has 76 valence electrons. The molecule has 1 rings (SSSR count). The van der Waals surface area contributed by atoms with Gasteiger partial charge in [0.2, 0.25) is 0 Å². The molecule has 0 aromatic heterocycles. The summed E-state index contributed by atoms with van der Waals surface area (Å²) in [7, 11) is 0. The van der Waals surface area contributed by atoms with Crippen LogP contribution >= 0.6 is 0 Å². The lowest BCUT2D eigenvalue weighted by molar-refractivity contribution is 0.0927. The molecular weight excluding hydrogens is 174 g/mol. The van der Waals surface area contributed by atoms with Crippen LogP contribution in [0.25, 0.3) is 0 Å². The fourth-order valence-corrected chi connectivity index (χ4v) is 1.30. The zero-order valence-electron chi connectivity index (χ0n) is 9.00. The smallest absolute Gasteiger partial charge is 0.165 e. The number of anilines is 1. The number of hydrogen-bond donors (Lipinski definition) is 1. The largest absolute Gasteiger partial charge is 0.399 e. The third-order valence-corrected chi connectivity index (χ3v) is 2.61. The van der Waals surface area contributed by atoms with E-state index in [4.69, 9.17) is 5.73 Å². The Labute approximate surface area is 85.1 Å². The molecular formula is C12H17NO. The van der Waals surface area contributed by atoms with Gasteiger partial charge in [-0.05, 0) is 37.1 Å². The van der Waals surface area contributed by atoms with Crippen molar-refractivity contribution >= 4 is 11.5 Å². The number of carbonyl (C=O) groups excluding carboxylic acids is 1. The average Bonchev–Trinajstić information content (AvgIpc) is 2.20. The molecule has 0 amide bonds. The summed E-state index contributed by atoms with van der Waals surface area (Å²) < 4.78 is 0. The monoisotopic (exact) mass is 191 g/mol. The van der Waals surface area contributed by atoms with Crippen LogP contribution in [0.4, 0.5) is 5.69 Å². The molecule has 1 atom stereocenters. The van der Waals surface area contributed by atoms with Gasteiger partial charge in [0.1, 0.15) is 0 Å². The quantitative estimate of drug-likeness (QED) is 0.589. The first-order valence-electron chi connectivity index (χ1n) is 4.96. The van der Waals surface area contributed by atoms with Crippen molar-refractivity contribution in [3.8, 4) is 0 Å². The number of ketones is 1. The van der Waals surface area contributed by atoms with E-state index in [2.05, 4.69) is 0 Å². The number of nitrogen functional groups attached to an aromatic ring is 1. The van der Waals surface area contributed by atoms with E-state index in [1.807, 2.05) is 26.8 Å². The van der Waals surface area contributed by atoms with E-state index in [-0.39, 0.29) is 11.7 Å². The molecule has 0 aliphatic heterocycles. The van der Waals surface area contributed by atoms with Gasteiger partial charge in [-0.25, -0.2) is 0 Å². The van der Waals surface area contributed by atoms with E-state index >= 15 is 0 Å². The number of rotatable bonds is 3. The molecule has 0 saturated carbocycles. The predicted octanol–water partition coefficient (Wildman–Crippen LogP) is 2.81. The summed E-state index contributed by atoms with van der Waals surface area (Å²) in [6.07, 6.45) is 0.877. The summed E-state index contributed by atoms with van der Waals surface area (Å²) in [6.45, 7) is 5.89. The first-order chi connectivity index (χ1) is 6.56. The van der Waals surface area contributed by atoms with Crippen molar-refractivity contribution in [1.82, 2.24) is 0 Å². The van der Waals surface area contributed by atoms with Gasteiger partial charge in [0.25, 0.3) is 0 Å². The van der Waals surface area contributed by atoms with Crippen LogP contribution in [0, 0.1) is 12.8 Å². The first kappa shape index (κ1) is 10.8. The Balaban J connectivity index is 2.97. The van der Waals surface area contributed by atoms with E-state index < -0.39 is 0 Å². The molecule has 2 heteroatoms. The minimum atomic E-state index is 0.0954. The van der Waals surface area contributed by atoms with Crippen LogP contribution in [0.2, 0.25) is 0 Å². The van der Waals surface area contributed by atoms with Crippen molar-refractivity contribution in [2.75, 3.05) is 5.73 Å². The molecule has 0 heterocycles. The lowest BCUT2D eigenvalue weighted by Gasteiger charge is -2.08. The molecule has 1 aromatic rings. The van der Waals surface area contributed by atoms with Crippen molar-refractivity contribution in [3.05, 3.63) is 29.3 Å². The van der Waals surface area contributed by atoms with Gasteiger partial charge in [-0.1, -0.05) is 13.8 Å². The van der Waals surface area contributed by atoms with E-state index in [0.29, 0.717) is 0 Å². The van der Waals surface area contributed by atoms with Gasteiger partial charge >= 0.3 is 0 Å². The zero-order valence-corrected chi connectivity index (χ0v) is 9.00. The molecule has 0 bridgehead atoms. The molecule has 2 N–H and O–H groups in total. The van der Waals surface area contributed by atoms with Crippen molar-refractivity contribution < 1.29 is 4.79 Å². The maximum absolute atomic E-state index is 11.8. The molecule has 0 saturated heterocycles. The second kappa shape index (κ2) is 4.27. The molecule has 1 unspecified atom stereocenters. The Hall–Kier alpha value is -1.31. The van der Waals surface area contributed by atoms with Gasteiger partial charge in [-0.3, -0.25) is 4.79 Å². The van der Waals surface area contributed by atoms with Gasteiger partial charge in [-0.15, -0.1) is 0 Å². The average molecular weight is 191 g/mol. The van der Waals surface area contributed by atoms with Gasteiger partial charge in [0.05, 0.1) is 0 Å². The van der Waals surface area contributed by atoms with E-state index in [9.17, 15) is 4.79 Å². The fraction of sp³-hybridized carbons (Fsp3) is 0.417. The molecule has 1 aromatic carbocycles. The van der Waals surface area contributed by atoms with E-state index in [1.54, 1.807) is 12.1 Å². The number of aryl methyl sites for hydroxylation is 1. The SMILES string of the molecule is CCC(C)C(=O)c1ccc(N)c(C)c1. The van der Waals surface area contributed by atoms with Gasteiger partial charge < -0.3 is 5.73 Å². The summed E-state index contributed by atoms with van der Waals surface area (Å²) in [4.78, 5) is 11.8. The predicted molar refractivity (Wildman–Crippen MR) is 59.4 cm³/mol. The lowest BCUT2D eigenvalue weighted by Crippen LogP contribution is -2.10. The second-order valence-electron chi connectivity index (χ2n) is 3.74. The molecule has 14 heavy (non-hydrogen) atoms. The first-order valence-corrected chi connectivity index (χ1v) is 4.96. The Bertz CT molecular complexity index is 344. The third kappa shape index (κ3) is 2.13. The number of carbonyl (C=O) groups is 1. The highest BCUT2D eigenvalue weighted by Gasteiger charge is 2.13. The number of nitrogens with two attached hydrogens (primary N) is 1. The molecule has 0 aliphatic carbocycles. The fourth-order valence-electron chi connectivity index (χ4n) is 1.30. The zero-order chi connectivity index (χ0) is 10.7. The van der Waals surface area contributed by atoms with Crippen molar-refractivity contribution in [3.63, 3.8) is 0 Å². The number of hydrogen-bond acceptors (Lipinski definition) is 2. The van der Waals surface area contributed by atoms with Crippen LogP contribution in [0.1, 0.15) is 36.2 Å². The Morgan fingerprint density at radius 2 is 2.14 bits per heavy atom. The van der Waals surface area contributed by atoms with Crippen LogP contribution in [0.5, 0.6) is 0 Å². The van der Waals surface area contributed by atoms with Gasteiger partial charge in [-0.2, -0.15) is 0 Å². The summed E-state index contributed by atoms with van der Waals surface area (Å²) in [5.41, 5.74) is 8.17. The summed E-state index contributed by atoms with van der Waals surface area (Å²) in [5, 5.41) is 0. The summed E-state index contributed by atoms with van der Waals surface area (Å²) >= 11 is 0. The topological polar surface area (TPSA) is 43.1 Å². The Morgan fingerprint density at radius 1 is 1.50 bits per heavy atom. The minimum Gasteiger partial charge on any atom is -0.399 e. The van der Waals surface area contributed by atoms with E-state index in [1.165, 1.54) is 0 Å². The van der Waals surface area contributed by atoms with Crippen LogP contribution in [-0.2, 0) is 0 Å². The second-order valence-corrected chi connectivity index (χ2v) is 3.74. The highest BCUT2D eigenvalue weighted by atomic mass is 16.1. The standard InChI is InChI=1S/C12H17NO/c1-4-8(2)12(14)10-5-6-11(13)9(3)7-10/h5-8H,4,13H2,1-3H3. The molecule has 0 aliphatic rings. The van der Waals surface area contributed by atoms with Crippen LogP contribution < -0.4 is 5.73 Å². The minimum absolute atomic E-state index is 0.0954. The van der Waals surface area contributed by atoms with Gasteiger partial charge in [0.15, 0.2) is 5.78 Å². The molecule has 0 fully saturated rings. The van der Waals surface area contributed by atoms with Crippen molar-refractivity contribution in [1.29, 1.82) is 0 Å². The van der Waals surface area contributed by atoms with Crippen LogP contribution in [-0.4, -0.2) is 5.78 Å². The summed E-state index contributed by atoms with van der Waals surface area (Å²) in [5.74, 6) is 0.300. The highest BCUT2D eigenvalue weighted by Crippen LogP contribution is 2.17. The van der Waals surface area contributed by atoms with E-state index in [0.717, 1.165) is 23.2 Å². The Kier molecular flexibility index (Phi) is 3.28. The Morgan fingerprint density at radius 3 is 2.64 bits per heavy atom. The molecule has 0 spiro atoms.